The SMILES string of the molecule is Cc1cc(-c2ncnc3[nH]c(-c4ccc(N5CCNCC5)nc4)cc23)ccc1[C@@H](C)NC(=O)c1nnn(C(C)(C)C)n1. The number of carbonyl (C=O) groups is 1. The van der Waals surface area contributed by atoms with Crippen LogP contribution in [0.2, 0.25) is 0 Å². The molecule has 12 heteroatoms. The Morgan fingerprint density at radius 1 is 1.02 bits per heavy atom. The molecule has 4 aromatic heterocycles. The normalized spacial score (nSPS) is 14.7. The van der Waals surface area contributed by atoms with E-state index in [1.165, 1.54) is 4.80 Å². The number of fused-ring (bicyclic) bond motifs is 1. The molecule has 3 N–H and O–H groups in total. The molecule has 1 amide bonds. The molecule has 0 radical (unpaired) electrons. The summed E-state index contributed by atoms with van der Waals surface area (Å²) in [6.45, 7) is 13.7. The summed E-state index contributed by atoms with van der Waals surface area (Å²) >= 11 is 0. The number of rotatable bonds is 6. The van der Waals surface area contributed by atoms with Gasteiger partial charge < -0.3 is 20.5 Å². The summed E-state index contributed by atoms with van der Waals surface area (Å²) in [7, 11) is 0. The highest BCUT2D eigenvalue weighted by molar-refractivity contribution is 5.94. The van der Waals surface area contributed by atoms with Crippen molar-refractivity contribution in [3.8, 4) is 22.5 Å². The summed E-state index contributed by atoms with van der Waals surface area (Å²) in [5, 5.41) is 19.5. The van der Waals surface area contributed by atoms with E-state index in [1.54, 1.807) is 6.33 Å². The van der Waals surface area contributed by atoms with Gasteiger partial charge in [0.1, 0.15) is 17.8 Å². The maximum atomic E-state index is 12.8. The lowest BCUT2D eigenvalue weighted by Crippen LogP contribution is -2.43. The van der Waals surface area contributed by atoms with E-state index >= 15 is 0 Å². The van der Waals surface area contributed by atoms with Crippen LogP contribution in [0, 0.1) is 6.92 Å². The number of anilines is 1. The van der Waals surface area contributed by atoms with Gasteiger partial charge >= 0.3 is 0 Å². The molecule has 1 aliphatic heterocycles. The van der Waals surface area contributed by atoms with Crippen LogP contribution < -0.4 is 15.5 Å². The second-order valence-electron chi connectivity index (χ2n) is 11.6. The third-order valence-corrected chi connectivity index (χ3v) is 7.50. The molecule has 0 aliphatic carbocycles. The number of nitrogens with zero attached hydrogens (tertiary/aromatic N) is 8. The molecule has 5 heterocycles. The van der Waals surface area contributed by atoms with E-state index in [2.05, 4.69) is 70.2 Å². The first-order valence-corrected chi connectivity index (χ1v) is 14.2. The van der Waals surface area contributed by atoms with Crippen LogP contribution in [-0.2, 0) is 5.54 Å². The zero-order valence-electron chi connectivity index (χ0n) is 24.5. The number of nitrogens with one attached hydrogen (secondary N) is 3. The summed E-state index contributed by atoms with van der Waals surface area (Å²) in [6.07, 6.45) is 3.48. The number of aryl methyl sites for hydroxylation is 1. The van der Waals surface area contributed by atoms with Crippen LogP contribution in [0.25, 0.3) is 33.5 Å². The van der Waals surface area contributed by atoms with Crippen LogP contribution in [0.3, 0.4) is 0 Å². The van der Waals surface area contributed by atoms with Gasteiger partial charge in [-0.3, -0.25) is 4.79 Å². The molecule has 42 heavy (non-hydrogen) atoms. The summed E-state index contributed by atoms with van der Waals surface area (Å²) in [5.74, 6) is 0.672. The van der Waals surface area contributed by atoms with Crippen LogP contribution in [0.4, 0.5) is 5.82 Å². The maximum absolute atomic E-state index is 12.8. The lowest BCUT2D eigenvalue weighted by atomic mass is 9.97. The Kier molecular flexibility index (Phi) is 7.15. The third-order valence-electron chi connectivity index (χ3n) is 7.50. The quantitative estimate of drug-likeness (QED) is 0.281. The number of aromatic amines is 1. The fourth-order valence-electron chi connectivity index (χ4n) is 5.19. The Hall–Kier alpha value is -4.71. The summed E-state index contributed by atoms with van der Waals surface area (Å²) in [5.41, 5.74) is 6.16. The van der Waals surface area contributed by atoms with E-state index in [4.69, 9.17) is 4.98 Å². The number of H-pyrrole nitrogens is 1. The van der Waals surface area contributed by atoms with Gasteiger partial charge in [0, 0.05) is 54.6 Å². The number of piperazine rings is 1. The first-order chi connectivity index (χ1) is 20.2. The molecule has 1 atom stereocenters. The zero-order valence-corrected chi connectivity index (χ0v) is 24.5. The Morgan fingerprint density at radius 3 is 2.50 bits per heavy atom. The monoisotopic (exact) mass is 565 g/mol. The Balaban J connectivity index is 1.21. The molecule has 1 aromatic carbocycles. The van der Waals surface area contributed by atoms with Gasteiger partial charge in [0.15, 0.2) is 0 Å². The highest BCUT2D eigenvalue weighted by atomic mass is 16.2. The molecule has 0 unspecified atom stereocenters. The molecule has 0 spiro atoms. The highest BCUT2D eigenvalue weighted by Crippen LogP contribution is 2.32. The topological polar surface area (TPSA) is 142 Å². The van der Waals surface area contributed by atoms with Gasteiger partial charge in [-0.15, -0.1) is 10.2 Å². The molecule has 216 valence electrons. The van der Waals surface area contributed by atoms with E-state index in [0.29, 0.717) is 0 Å². The van der Waals surface area contributed by atoms with Crippen LogP contribution in [0.15, 0.2) is 48.9 Å². The highest BCUT2D eigenvalue weighted by Gasteiger charge is 2.22. The molecule has 12 nitrogen and oxygen atoms in total. The Morgan fingerprint density at radius 2 is 1.81 bits per heavy atom. The number of benzene rings is 1. The second kappa shape index (κ2) is 10.9. The Labute approximate surface area is 244 Å². The van der Waals surface area contributed by atoms with E-state index in [0.717, 1.165) is 76.7 Å². The zero-order chi connectivity index (χ0) is 29.4. The standard InChI is InChI=1S/C30H35N11O/c1-18-14-20(6-8-22(18)19(2)35-29(42)28-37-39-41(38-28)30(3,4)5)26-23-15-24(36-27(23)34-17-33-26)21-7-9-25(32-16-21)40-12-10-31-11-13-40/h6-9,14-17,19,31H,10-13H2,1-5H3,(H,35,42)(H,33,34,36)/t19-/m1/s1. The van der Waals surface area contributed by atoms with Crippen molar-refractivity contribution in [1.82, 2.24) is 50.8 Å². The van der Waals surface area contributed by atoms with Crippen LogP contribution in [-0.4, -0.2) is 72.2 Å². The summed E-state index contributed by atoms with van der Waals surface area (Å²) in [4.78, 5) is 33.8. The number of tetrazole rings is 1. The van der Waals surface area contributed by atoms with Crippen molar-refractivity contribution in [2.45, 2.75) is 46.2 Å². The van der Waals surface area contributed by atoms with E-state index in [9.17, 15) is 4.79 Å². The minimum atomic E-state index is -0.366. The summed E-state index contributed by atoms with van der Waals surface area (Å²) in [6, 6.07) is 12.1. The predicted octanol–water partition coefficient (Wildman–Crippen LogP) is 3.64. The van der Waals surface area contributed by atoms with E-state index < -0.39 is 0 Å². The number of pyridine rings is 1. The predicted molar refractivity (Wildman–Crippen MR) is 161 cm³/mol. The van der Waals surface area contributed by atoms with Crippen LogP contribution in [0.5, 0.6) is 0 Å². The van der Waals surface area contributed by atoms with Crippen molar-refractivity contribution in [3.63, 3.8) is 0 Å². The number of hydrogen-bond acceptors (Lipinski definition) is 9. The molecule has 1 aliphatic rings. The molecule has 5 aromatic rings. The lowest BCUT2D eigenvalue weighted by molar-refractivity contribution is 0.0928. The number of hydrogen-bond donors (Lipinski definition) is 3. The van der Waals surface area contributed by atoms with Crippen molar-refractivity contribution in [1.29, 1.82) is 0 Å². The van der Waals surface area contributed by atoms with Crippen molar-refractivity contribution in [2.24, 2.45) is 0 Å². The summed E-state index contributed by atoms with van der Waals surface area (Å²) < 4.78 is 0. The van der Waals surface area contributed by atoms with Crippen molar-refractivity contribution in [3.05, 3.63) is 65.9 Å². The largest absolute Gasteiger partial charge is 0.354 e. The van der Waals surface area contributed by atoms with Gasteiger partial charge in [0.05, 0.1) is 17.3 Å². The fraction of sp³-hybridized carbons (Fsp3) is 0.367. The molecule has 0 bridgehead atoms. The average molecular weight is 566 g/mol. The average Bonchev–Trinajstić information content (AvgIpc) is 3.66. The maximum Gasteiger partial charge on any atom is 0.293 e. The van der Waals surface area contributed by atoms with Gasteiger partial charge in [-0.2, -0.15) is 4.80 Å². The van der Waals surface area contributed by atoms with Gasteiger partial charge in [0.25, 0.3) is 11.7 Å². The van der Waals surface area contributed by atoms with Crippen molar-refractivity contribution in [2.75, 3.05) is 31.1 Å². The molecular formula is C30H35N11O. The smallest absolute Gasteiger partial charge is 0.293 e. The number of amides is 1. The van der Waals surface area contributed by atoms with E-state index in [1.807, 2.05) is 52.9 Å². The fourth-order valence-corrected chi connectivity index (χ4v) is 5.19. The molecule has 0 saturated carbocycles. The first kappa shape index (κ1) is 27.5. The minimum Gasteiger partial charge on any atom is -0.354 e. The lowest BCUT2D eigenvalue weighted by Gasteiger charge is -2.28. The van der Waals surface area contributed by atoms with Gasteiger partial charge in [0.2, 0.25) is 0 Å². The first-order valence-electron chi connectivity index (χ1n) is 14.2. The van der Waals surface area contributed by atoms with Gasteiger partial charge in [-0.1, -0.05) is 12.1 Å². The second-order valence-corrected chi connectivity index (χ2v) is 11.6. The molecular weight excluding hydrogens is 530 g/mol. The van der Waals surface area contributed by atoms with Crippen molar-refractivity contribution < 1.29 is 4.79 Å². The molecule has 1 saturated heterocycles. The van der Waals surface area contributed by atoms with Crippen LogP contribution >= 0.6 is 0 Å². The molecule has 6 rings (SSSR count). The minimum absolute atomic E-state index is 0.0475. The van der Waals surface area contributed by atoms with Gasteiger partial charge in [-0.25, -0.2) is 15.0 Å². The number of carbonyl (C=O) groups excluding carboxylic acids is 1. The van der Waals surface area contributed by atoms with Crippen molar-refractivity contribution >= 4 is 22.8 Å². The Bertz CT molecular complexity index is 1730. The van der Waals surface area contributed by atoms with Crippen LogP contribution in [0.1, 0.15) is 55.5 Å². The number of aromatic nitrogens is 8. The third kappa shape index (κ3) is 5.45. The molecule has 1 fully saturated rings. The van der Waals surface area contributed by atoms with Gasteiger partial charge in [-0.05, 0) is 75.2 Å². The van der Waals surface area contributed by atoms with E-state index in [-0.39, 0.29) is 23.3 Å².